The minimum absolute atomic E-state index is 0. The van der Waals surface area contributed by atoms with Crippen molar-refractivity contribution >= 4 is 29.9 Å². The second-order valence-corrected chi connectivity index (χ2v) is 6.30. The summed E-state index contributed by atoms with van der Waals surface area (Å²) in [7, 11) is 0. The molecule has 1 aliphatic heterocycles. The molecule has 0 aliphatic carbocycles. The van der Waals surface area contributed by atoms with E-state index in [1.165, 1.54) is 12.8 Å². The van der Waals surface area contributed by atoms with Crippen molar-refractivity contribution in [1.29, 1.82) is 0 Å². The maximum Gasteiger partial charge on any atom is 0.193 e. The quantitative estimate of drug-likeness (QED) is 0.434. The fraction of sp³-hybridized carbons (Fsp3) is 0.706. The Hall–Kier alpha value is -0.720. The minimum atomic E-state index is 0. The van der Waals surface area contributed by atoms with Crippen LogP contribution in [-0.4, -0.2) is 37.0 Å². The number of hydrogen-bond donors (Lipinski definition) is 1. The van der Waals surface area contributed by atoms with Crippen molar-refractivity contribution in [2.45, 2.75) is 40.0 Å². The molecule has 5 heteroatoms. The number of guanidine groups is 1. The second kappa shape index (κ2) is 10.1. The highest BCUT2D eigenvalue weighted by Gasteiger charge is 2.25. The molecule has 0 saturated carbocycles. The van der Waals surface area contributed by atoms with Crippen LogP contribution in [0.2, 0.25) is 0 Å². The number of nitrogens with zero attached hydrogens (tertiary/aromatic N) is 2. The highest BCUT2D eigenvalue weighted by Crippen LogP contribution is 2.23. The molecule has 1 saturated heterocycles. The van der Waals surface area contributed by atoms with Crippen LogP contribution in [-0.2, 0) is 6.42 Å². The van der Waals surface area contributed by atoms with Crippen molar-refractivity contribution in [1.82, 2.24) is 10.2 Å². The summed E-state index contributed by atoms with van der Waals surface area (Å²) in [6, 6.07) is 3.94. The summed E-state index contributed by atoms with van der Waals surface area (Å²) in [5, 5.41) is 3.42. The Balaban J connectivity index is 0.00000242. The Morgan fingerprint density at radius 2 is 2.32 bits per heavy atom. The van der Waals surface area contributed by atoms with Crippen molar-refractivity contribution in [2.24, 2.45) is 16.8 Å². The molecular weight excluding hydrogens is 389 g/mol. The highest BCUT2D eigenvalue weighted by atomic mass is 127. The first-order valence-corrected chi connectivity index (χ1v) is 8.24. The van der Waals surface area contributed by atoms with E-state index in [0.29, 0.717) is 0 Å². The van der Waals surface area contributed by atoms with Crippen LogP contribution in [0.3, 0.4) is 0 Å². The summed E-state index contributed by atoms with van der Waals surface area (Å²) in [5.41, 5.74) is 0. The van der Waals surface area contributed by atoms with Gasteiger partial charge in [0.25, 0.3) is 0 Å². The zero-order valence-corrected chi connectivity index (χ0v) is 16.4. The number of nitrogens with one attached hydrogen (secondary N) is 1. The van der Waals surface area contributed by atoms with Gasteiger partial charge in [-0.05, 0) is 43.7 Å². The van der Waals surface area contributed by atoms with Gasteiger partial charge in [-0.3, -0.25) is 4.99 Å². The molecule has 1 aliphatic rings. The molecule has 0 aromatic carbocycles. The van der Waals surface area contributed by atoms with E-state index in [-0.39, 0.29) is 24.0 Å². The van der Waals surface area contributed by atoms with E-state index in [9.17, 15) is 0 Å². The molecular formula is C17H30IN3O. The van der Waals surface area contributed by atoms with Gasteiger partial charge in [-0.2, -0.15) is 0 Å². The predicted molar refractivity (Wildman–Crippen MR) is 103 cm³/mol. The fourth-order valence-electron chi connectivity index (χ4n) is 3.04. The Kier molecular flexibility index (Phi) is 8.90. The molecule has 1 unspecified atom stereocenters. The first-order chi connectivity index (χ1) is 10.2. The Bertz CT molecular complexity index is 431. The lowest BCUT2D eigenvalue weighted by Crippen LogP contribution is -2.40. The van der Waals surface area contributed by atoms with Crippen LogP contribution in [0.4, 0.5) is 0 Å². The van der Waals surface area contributed by atoms with Crippen LogP contribution in [0, 0.1) is 11.8 Å². The topological polar surface area (TPSA) is 40.8 Å². The molecule has 0 amide bonds. The summed E-state index contributed by atoms with van der Waals surface area (Å²) in [6.45, 7) is 10.7. The fourth-order valence-corrected chi connectivity index (χ4v) is 3.04. The molecule has 1 fully saturated rings. The molecule has 1 aromatic heterocycles. The summed E-state index contributed by atoms with van der Waals surface area (Å²) in [5.74, 6) is 3.68. The largest absolute Gasteiger partial charge is 0.469 e. The molecule has 22 heavy (non-hydrogen) atoms. The van der Waals surface area contributed by atoms with Gasteiger partial charge in [0.15, 0.2) is 5.96 Å². The molecule has 0 radical (unpaired) electrons. The highest BCUT2D eigenvalue weighted by molar-refractivity contribution is 14.0. The van der Waals surface area contributed by atoms with E-state index >= 15 is 0 Å². The summed E-state index contributed by atoms with van der Waals surface area (Å²) in [4.78, 5) is 7.17. The van der Waals surface area contributed by atoms with Crippen molar-refractivity contribution in [3.8, 4) is 0 Å². The van der Waals surface area contributed by atoms with Crippen molar-refractivity contribution in [2.75, 3.05) is 26.2 Å². The van der Waals surface area contributed by atoms with Crippen LogP contribution in [0.1, 0.15) is 39.4 Å². The van der Waals surface area contributed by atoms with Gasteiger partial charge in [-0.15, -0.1) is 24.0 Å². The zero-order valence-electron chi connectivity index (χ0n) is 14.0. The van der Waals surface area contributed by atoms with Gasteiger partial charge in [0, 0.05) is 32.6 Å². The average molecular weight is 419 g/mol. The molecule has 1 aromatic rings. The van der Waals surface area contributed by atoms with Gasteiger partial charge in [0.1, 0.15) is 5.76 Å². The van der Waals surface area contributed by atoms with Crippen molar-refractivity contribution in [3.05, 3.63) is 24.2 Å². The standard InChI is InChI=1S/C17H29N3O.HI/c1-4-18-17(19-9-7-16-6-5-11-21-16)20-10-8-15(13-20)12-14(2)3;/h5-6,11,14-15H,4,7-10,12-13H2,1-3H3,(H,18,19);1H. The van der Waals surface area contributed by atoms with Crippen LogP contribution in [0.5, 0.6) is 0 Å². The summed E-state index contributed by atoms with van der Waals surface area (Å²) < 4.78 is 5.36. The van der Waals surface area contributed by atoms with Crippen LogP contribution in [0.25, 0.3) is 0 Å². The van der Waals surface area contributed by atoms with Gasteiger partial charge in [-0.25, -0.2) is 0 Å². The van der Waals surface area contributed by atoms with E-state index in [1.54, 1.807) is 6.26 Å². The van der Waals surface area contributed by atoms with Gasteiger partial charge in [-0.1, -0.05) is 13.8 Å². The number of halogens is 1. The minimum Gasteiger partial charge on any atom is -0.469 e. The lowest BCUT2D eigenvalue weighted by atomic mass is 9.97. The normalized spacial score (nSPS) is 18.6. The molecule has 2 rings (SSSR count). The average Bonchev–Trinajstić information content (AvgIpc) is 3.08. The molecule has 2 heterocycles. The molecule has 4 nitrogen and oxygen atoms in total. The summed E-state index contributed by atoms with van der Waals surface area (Å²) in [6.07, 6.45) is 5.20. The van der Waals surface area contributed by atoms with E-state index in [1.807, 2.05) is 12.1 Å². The van der Waals surface area contributed by atoms with Crippen LogP contribution in [0.15, 0.2) is 27.8 Å². The van der Waals surface area contributed by atoms with Gasteiger partial charge in [0.2, 0.25) is 0 Å². The smallest absolute Gasteiger partial charge is 0.193 e. The maximum absolute atomic E-state index is 5.36. The lowest BCUT2D eigenvalue weighted by molar-refractivity contribution is 0.403. The van der Waals surface area contributed by atoms with Gasteiger partial charge < -0.3 is 14.6 Å². The lowest BCUT2D eigenvalue weighted by Gasteiger charge is -2.22. The number of rotatable bonds is 6. The van der Waals surface area contributed by atoms with E-state index in [2.05, 4.69) is 31.0 Å². The SMILES string of the molecule is CCNC(=NCCc1ccco1)N1CCC(CC(C)C)C1.I. The van der Waals surface area contributed by atoms with Crippen molar-refractivity contribution in [3.63, 3.8) is 0 Å². The molecule has 126 valence electrons. The Morgan fingerprint density at radius 1 is 1.50 bits per heavy atom. The first kappa shape index (κ1) is 19.3. The maximum atomic E-state index is 5.36. The predicted octanol–water partition coefficient (Wildman–Crippen LogP) is 3.77. The third-order valence-electron chi connectivity index (χ3n) is 3.92. The number of hydrogen-bond acceptors (Lipinski definition) is 2. The molecule has 0 spiro atoms. The van der Waals surface area contributed by atoms with Gasteiger partial charge >= 0.3 is 0 Å². The molecule has 1 atom stereocenters. The van der Waals surface area contributed by atoms with E-state index in [4.69, 9.17) is 9.41 Å². The van der Waals surface area contributed by atoms with Crippen LogP contribution >= 0.6 is 24.0 Å². The third-order valence-corrected chi connectivity index (χ3v) is 3.92. The monoisotopic (exact) mass is 419 g/mol. The zero-order chi connectivity index (χ0) is 15.1. The number of likely N-dealkylation sites (tertiary alicyclic amines) is 1. The number of furan rings is 1. The van der Waals surface area contributed by atoms with Gasteiger partial charge in [0.05, 0.1) is 6.26 Å². The van der Waals surface area contributed by atoms with Crippen LogP contribution < -0.4 is 5.32 Å². The third kappa shape index (κ3) is 6.18. The summed E-state index contributed by atoms with van der Waals surface area (Å²) >= 11 is 0. The van der Waals surface area contributed by atoms with Crippen molar-refractivity contribution < 1.29 is 4.42 Å². The first-order valence-electron chi connectivity index (χ1n) is 8.24. The Labute approximate surface area is 151 Å². The van der Waals surface area contributed by atoms with E-state index < -0.39 is 0 Å². The van der Waals surface area contributed by atoms with E-state index in [0.717, 1.165) is 56.2 Å². The molecule has 0 bridgehead atoms. The Morgan fingerprint density at radius 3 is 2.95 bits per heavy atom. The second-order valence-electron chi connectivity index (χ2n) is 6.30. The number of aliphatic imine (C=N–C) groups is 1. The molecule has 1 N–H and O–H groups in total.